The minimum Gasteiger partial charge on any atom is -0.497 e. The van der Waals surface area contributed by atoms with E-state index in [2.05, 4.69) is 11.9 Å². The van der Waals surface area contributed by atoms with Crippen LogP contribution in [0.5, 0.6) is 11.5 Å². The third-order valence-electron chi connectivity index (χ3n) is 3.13. The Balaban J connectivity index is 2.52. The first-order chi connectivity index (χ1) is 11.0. The van der Waals surface area contributed by atoms with Gasteiger partial charge in [0.2, 0.25) is 0 Å². The minimum absolute atomic E-state index is 0.162. The number of carbonyl (C=O) groups is 2. The zero-order valence-corrected chi connectivity index (χ0v) is 13.8. The average molecular weight is 321 g/mol. The van der Waals surface area contributed by atoms with E-state index in [0.717, 1.165) is 5.56 Å². The average Bonchev–Trinajstić information content (AvgIpc) is 2.57. The van der Waals surface area contributed by atoms with Gasteiger partial charge in [0.15, 0.2) is 6.10 Å². The summed E-state index contributed by atoms with van der Waals surface area (Å²) in [6, 6.07) is 5.42. The first kappa shape index (κ1) is 18.5. The number of esters is 1. The van der Waals surface area contributed by atoms with Gasteiger partial charge in [-0.2, -0.15) is 0 Å². The molecule has 0 spiro atoms. The molecule has 0 unspecified atom stereocenters. The number of carbonyl (C=O) groups excluding carboxylic acids is 2. The van der Waals surface area contributed by atoms with Crippen molar-refractivity contribution >= 4 is 11.9 Å². The lowest BCUT2D eigenvalue weighted by Crippen LogP contribution is -2.35. The van der Waals surface area contributed by atoms with E-state index in [-0.39, 0.29) is 12.3 Å². The van der Waals surface area contributed by atoms with Crippen LogP contribution in [-0.4, -0.2) is 38.7 Å². The predicted octanol–water partition coefficient (Wildman–Crippen LogP) is 1.87. The molecule has 23 heavy (non-hydrogen) atoms. The van der Waals surface area contributed by atoms with E-state index in [4.69, 9.17) is 14.2 Å². The molecule has 0 aliphatic rings. The van der Waals surface area contributed by atoms with Crippen molar-refractivity contribution in [2.24, 2.45) is 0 Å². The standard InChI is InChI=1S/C17H23NO5/c1-5-8-18-17(20)12(2)23-16(19)7-6-13-9-14(21-3)11-15(10-13)22-4/h5,9-12H,1,6-8H2,2-4H3,(H,18,20)/t12-/m0/s1. The lowest BCUT2D eigenvalue weighted by atomic mass is 10.1. The highest BCUT2D eigenvalue weighted by atomic mass is 16.5. The Hall–Kier alpha value is -2.50. The van der Waals surface area contributed by atoms with E-state index in [1.54, 1.807) is 26.4 Å². The highest BCUT2D eigenvalue weighted by molar-refractivity contribution is 5.83. The maximum atomic E-state index is 11.8. The number of ether oxygens (including phenoxy) is 3. The van der Waals surface area contributed by atoms with Gasteiger partial charge in [0, 0.05) is 19.0 Å². The molecule has 0 aliphatic carbocycles. The number of hydrogen-bond acceptors (Lipinski definition) is 5. The van der Waals surface area contributed by atoms with Gasteiger partial charge in [-0.15, -0.1) is 6.58 Å². The molecule has 6 heteroatoms. The molecule has 1 amide bonds. The summed E-state index contributed by atoms with van der Waals surface area (Å²) in [5.41, 5.74) is 0.891. The van der Waals surface area contributed by atoms with Gasteiger partial charge in [-0.25, -0.2) is 0 Å². The molecular formula is C17H23NO5. The fraction of sp³-hybridized carbons (Fsp3) is 0.412. The van der Waals surface area contributed by atoms with Crippen LogP contribution in [0.4, 0.5) is 0 Å². The largest absolute Gasteiger partial charge is 0.497 e. The number of aryl methyl sites for hydroxylation is 1. The molecule has 0 aromatic heterocycles. The highest BCUT2D eigenvalue weighted by Crippen LogP contribution is 2.23. The molecule has 1 rings (SSSR count). The summed E-state index contributed by atoms with van der Waals surface area (Å²) < 4.78 is 15.5. The Bertz CT molecular complexity index is 534. The SMILES string of the molecule is C=CCNC(=O)[C@H](C)OC(=O)CCc1cc(OC)cc(OC)c1. The first-order valence-corrected chi connectivity index (χ1v) is 7.30. The number of rotatable bonds is 9. The monoisotopic (exact) mass is 321 g/mol. The number of amides is 1. The van der Waals surface area contributed by atoms with Gasteiger partial charge in [0.05, 0.1) is 14.2 Å². The van der Waals surface area contributed by atoms with Gasteiger partial charge in [0.1, 0.15) is 11.5 Å². The summed E-state index contributed by atoms with van der Waals surface area (Å²) in [4.78, 5) is 23.4. The normalized spacial score (nSPS) is 11.3. The molecule has 0 saturated heterocycles. The van der Waals surface area contributed by atoms with E-state index in [0.29, 0.717) is 24.5 Å². The molecule has 0 heterocycles. The lowest BCUT2D eigenvalue weighted by Gasteiger charge is -2.13. The van der Waals surface area contributed by atoms with Crippen molar-refractivity contribution in [3.8, 4) is 11.5 Å². The molecular weight excluding hydrogens is 298 g/mol. The van der Waals surface area contributed by atoms with E-state index in [1.807, 2.05) is 12.1 Å². The second-order valence-corrected chi connectivity index (χ2v) is 4.89. The molecule has 0 saturated carbocycles. The summed E-state index contributed by atoms with van der Waals surface area (Å²) in [7, 11) is 3.13. The van der Waals surface area contributed by atoms with Gasteiger partial charge < -0.3 is 19.5 Å². The maximum Gasteiger partial charge on any atom is 0.306 e. The topological polar surface area (TPSA) is 73.9 Å². The first-order valence-electron chi connectivity index (χ1n) is 7.30. The highest BCUT2D eigenvalue weighted by Gasteiger charge is 2.17. The summed E-state index contributed by atoms with van der Waals surface area (Å²) in [6.45, 7) is 5.37. The van der Waals surface area contributed by atoms with Crippen molar-refractivity contribution in [3.05, 3.63) is 36.4 Å². The molecule has 1 N–H and O–H groups in total. The van der Waals surface area contributed by atoms with Crippen LogP contribution >= 0.6 is 0 Å². The van der Waals surface area contributed by atoms with Gasteiger partial charge >= 0.3 is 5.97 Å². The van der Waals surface area contributed by atoms with Crippen LogP contribution in [0.2, 0.25) is 0 Å². The van der Waals surface area contributed by atoms with Gasteiger partial charge in [-0.1, -0.05) is 6.08 Å². The molecule has 0 aliphatic heterocycles. The number of hydrogen-bond donors (Lipinski definition) is 1. The van der Waals surface area contributed by atoms with Crippen LogP contribution in [-0.2, 0) is 20.7 Å². The Morgan fingerprint density at radius 2 is 1.83 bits per heavy atom. The smallest absolute Gasteiger partial charge is 0.306 e. The summed E-state index contributed by atoms with van der Waals surface area (Å²) >= 11 is 0. The Morgan fingerprint density at radius 3 is 2.35 bits per heavy atom. The zero-order valence-electron chi connectivity index (χ0n) is 13.8. The Labute approximate surface area is 136 Å². The van der Waals surface area contributed by atoms with Gasteiger partial charge in [-0.05, 0) is 31.0 Å². The van der Waals surface area contributed by atoms with Crippen molar-refractivity contribution in [1.82, 2.24) is 5.32 Å². The molecule has 1 aromatic rings. The molecule has 1 atom stereocenters. The fourth-order valence-electron chi connectivity index (χ4n) is 1.88. The van der Waals surface area contributed by atoms with Crippen LogP contribution in [0.1, 0.15) is 18.9 Å². The summed E-state index contributed by atoms with van der Waals surface area (Å²) in [6.07, 6.45) is 1.35. The van der Waals surface area contributed by atoms with Crippen LogP contribution in [0.15, 0.2) is 30.9 Å². The molecule has 126 valence electrons. The molecule has 0 fully saturated rings. The van der Waals surface area contributed by atoms with Crippen molar-refractivity contribution < 1.29 is 23.8 Å². The fourth-order valence-corrected chi connectivity index (χ4v) is 1.88. The second kappa shape index (κ2) is 9.50. The van der Waals surface area contributed by atoms with Crippen molar-refractivity contribution in [2.45, 2.75) is 25.9 Å². The maximum absolute atomic E-state index is 11.8. The van der Waals surface area contributed by atoms with E-state index < -0.39 is 12.1 Å². The molecule has 1 aromatic carbocycles. The van der Waals surface area contributed by atoms with E-state index in [9.17, 15) is 9.59 Å². The lowest BCUT2D eigenvalue weighted by molar-refractivity contribution is -0.154. The molecule has 0 radical (unpaired) electrons. The Morgan fingerprint density at radius 1 is 1.22 bits per heavy atom. The third-order valence-corrected chi connectivity index (χ3v) is 3.13. The van der Waals surface area contributed by atoms with Crippen molar-refractivity contribution in [1.29, 1.82) is 0 Å². The molecule has 6 nitrogen and oxygen atoms in total. The van der Waals surface area contributed by atoms with Gasteiger partial charge in [-0.3, -0.25) is 9.59 Å². The number of methoxy groups -OCH3 is 2. The second-order valence-electron chi connectivity index (χ2n) is 4.89. The van der Waals surface area contributed by atoms with Crippen LogP contribution in [0, 0.1) is 0 Å². The van der Waals surface area contributed by atoms with E-state index >= 15 is 0 Å². The summed E-state index contributed by atoms with van der Waals surface area (Å²) in [5, 5.41) is 2.57. The molecule has 0 bridgehead atoms. The zero-order chi connectivity index (χ0) is 17.2. The Kier molecular flexibility index (Phi) is 7.66. The summed E-state index contributed by atoms with van der Waals surface area (Å²) in [5.74, 6) is 0.532. The van der Waals surface area contributed by atoms with E-state index in [1.165, 1.54) is 6.92 Å². The van der Waals surface area contributed by atoms with Crippen LogP contribution in [0.3, 0.4) is 0 Å². The quantitative estimate of drug-likeness (QED) is 0.555. The van der Waals surface area contributed by atoms with Crippen molar-refractivity contribution in [3.63, 3.8) is 0 Å². The van der Waals surface area contributed by atoms with Gasteiger partial charge in [0.25, 0.3) is 5.91 Å². The van der Waals surface area contributed by atoms with Crippen LogP contribution < -0.4 is 14.8 Å². The number of benzene rings is 1. The minimum atomic E-state index is -0.831. The van der Waals surface area contributed by atoms with Crippen molar-refractivity contribution in [2.75, 3.05) is 20.8 Å². The number of nitrogens with one attached hydrogen (secondary N) is 1. The van der Waals surface area contributed by atoms with Crippen LogP contribution in [0.25, 0.3) is 0 Å². The third kappa shape index (κ3) is 6.42. The predicted molar refractivity (Wildman–Crippen MR) is 86.6 cm³/mol.